The van der Waals surface area contributed by atoms with Crippen molar-refractivity contribution in [3.8, 4) is 0 Å². The van der Waals surface area contributed by atoms with Gasteiger partial charge < -0.3 is 4.90 Å². The third kappa shape index (κ3) is 2.35. The van der Waals surface area contributed by atoms with Gasteiger partial charge in [0.25, 0.3) is 0 Å². The van der Waals surface area contributed by atoms with Gasteiger partial charge in [0.1, 0.15) is 0 Å². The lowest BCUT2D eigenvalue weighted by Crippen LogP contribution is -2.15. The second kappa shape index (κ2) is 5.02. The van der Waals surface area contributed by atoms with E-state index in [0.29, 0.717) is 0 Å². The quantitative estimate of drug-likeness (QED) is 0.743. The van der Waals surface area contributed by atoms with Crippen LogP contribution in [-0.2, 0) is 6.42 Å². The Morgan fingerprint density at radius 1 is 1.31 bits per heavy atom. The second-order valence-electron chi connectivity index (χ2n) is 4.32. The molecule has 16 heavy (non-hydrogen) atoms. The minimum absolute atomic E-state index is 1.00. The van der Waals surface area contributed by atoms with E-state index in [-0.39, 0.29) is 0 Å². The molecular formula is C15H19N. The fourth-order valence-corrected chi connectivity index (χ4v) is 2.29. The molecule has 0 saturated heterocycles. The second-order valence-corrected chi connectivity index (χ2v) is 4.32. The molecule has 0 fully saturated rings. The topological polar surface area (TPSA) is 3.24 Å². The molecule has 0 N–H and O–H groups in total. The highest BCUT2D eigenvalue weighted by Gasteiger charge is 2.11. The van der Waals surface area contributed by atoms with E-state index in [9.17, 15) is 0 Å². The van der Waals surface area contributed by atoms with Crippen LogP contribution in [0, 0.1) is 0 Å². The zero-order valence-corrected chi connectivity index (χ0v) is 10.1. The van der Waals surface area contributed by atoms with Crippen molar-refractivity contribution >= 4 is 5.57 Å². The smallest absolute Gasteiger partial charge is 0.0423 e. The molecular weight excluding hydrogens is 194 g/mol. The van der Waals surface area contributed by atoms with Gasteiger partial charge in [-0.25, -0.2) is 0 Å². The Morgan fingerprint density at radius 3 is 2.94 bits per heavy atom. The number of nitrogens with zero attached hydrogens (tertiary/aromatic N) is 1. The Labute approximate surface area is 98.1 Å². The summed E-state index contributed by atoms with van der Waals surface area (Å²) in [5.74, 6) is 0. The van der Waals surface area contributed by atoms with E-state index in [1.54, 1.807) is 0 Å². The number of hydrogen-bond donors (Lipinski definition) is 0. The highest BCUT2D eigenvalue weighted by Crippen LogP contribution is 2.26. The van der Waals surface area contributed by atoms with Crippen LogP contribution in [0.25, 0.3) is 5.57 Å². The van der Waals surface area contributed by atoms with Crippen molar-refractivity contribution < 1.29 is 0 Å². The molecule has 1 aromatic rings. The molecule has 84 valence electrons. The van der Waals surface area contributed by atoms with E-state index in [4.69, 9.17) is 0 Å². The molecule has 0 saturated carbocycles. The van der Waals surface area contributed by atoms with Crippen LogP contribution < -0.4 is 0 Å². The summed E-state index contributed by atoms with van der Waals surface area (Å²) in [7, 11) is 2.12. The van der Waals surface area contributed by atoms with E-state index in [0.717, 1.165) is 6.54 Å². The van der Waals surface area contributed by atoms with Crippen molar-refractivity contribution in [2.75, 3.05) is 13.6 Å². The summed E-state index contributed by atoms with van der Waals surface area (Å²) in [6.45, 7) is 3.06. The normalized spacial score (nSPS) is 14.8. The molecule has 0 bridgehead atoms. The Balaban J connectivity index is 2.19. The predicted molar refractivity (Wildman–Crippen MR) is 70.2 cm³/mol. The highest BCUT2D eigenvalue weighted by molar-refractivity contribution is 5.71. The Morgan fingerprint density at radius 2 is 2.12 bits per heavy atom. The molecule has 0 unspecified atom stereocenters. The first-order valence-electron chi connectivity index (χ1n) is 5.91. The molecule has 1 heteroatoms. The van der Waals surface area contributed by atoms with Gasteiger partial charge in [0.2, 0.25) is 0 Å². The van der Waals surface area contributed by atoms with E-state index in [1.807, 2.05) is 0 Å². The molecule has 1 aromatic carbocycles. The van der Waals surface area contributed by atoms with Crippen LogP contribution in [0.2, 0.25) is 0 Å². The maximum absolute atomic E-state index is 2.38. The van der Waals surface area contributed by atoms with E-state index >= 15 is 0 Å². The average Bonchev–Trinajstić information content (AvgIpc) is 2.30. The summed E-state index contributed by atoms with van der Waals surface area (Å²) < 4.78 is 0. The van der Waals surface area contributed by atoms with Crippen LogP contribution in [0.5, 0.6) is 0 Å². The van der Waals surface area contributed by atoms with Crippen molar-refractivity contribution in [3.63, 3.8) is 0 Å². The van der Waals surface area contributed by atoms with Crippen LogP contribution >= 0.6 is 0 Å². The van der Waals surface area contributed by atoms with Gasteiger partial charge in [-0.15, -0.1) is 0 Å². The van der Waals surface area contributed by atoms with Crippen molar-refractivity contribution in [1.82, 2.24) is 4.90 Å². The molecule has 2 rings (SSSR count). The first-order chi connectivity index (χ1) is 7.81. The summed E-state index contributed by atoms with van der Waals surface area (Å²) in [6.07, 6.45) is 8.94. The predicted octanol–water partition coefficient (Wildman–Crippen LogP) is 3.48. The summed E-state index contributed by atoms with van der Waals surface area (Å²) in [4.78, 5) is 2.23. The first kappa shape index (κ1) is 11.0. The third-order valence-electron chi connectivity index (χ3n) is 2.99. The molecule has 0 amide bonds. The van der Waals surface area contributed by atoms with Crippen molar-refractivity contribution in [2.45, 2.75) is 19.8 Å². The molecule has 0 spiro atoms. The molecule has 1 nitrogen and oxygen atoms in total. The fourth-order valence-electron chi connectivity index (χ4n) is 2.29. The lowest BCUT2D eigenvalue weighted by Gasteiger charge is -2.22. The van der Waals surface area contributed by atoms with Gasteiger partial charge >= 0.3 is 0 Å². The number of rotatable bonds is 3. The van der Waals surface area contributed by atoms with E-state index in [2.05, 4.69) is 61.5 Å². The van der Waals surface area contributed by atoms with Gasteiger partial charge in [-0.1, -0.05) is 36.4 Å². The lowest BCUT2D eigenvalue weighted by molar-refractivity contribution is 0.515. The lowest BCUT2D eigenvalue weighted by atomic mass is 9.91. The Bertz CT molecular complexity index is 415. The van der Waals surface area contributed by atoms with E-state index < -0.39 is 0 Å². The Hall–Kier alpha value is -1.50. The summed E-state index contributed by atoms with van der Waals surface area (Å²) in [6, 6.07) is 8.76. The van der Waals surface area contributed by atoms with Gasteiger partial charge in [0, 0.05) is 13.6 Å². The van der Waals surface area contributed by atoms with Gasteiger partial charge in [-0.05, 0) is 42.7 Å². The van der Waals surface area contributed by atoms with E-state index in [1.165, 1.54) is 29.5 Å². The van der Waals surface area contributed by atoms with Crippen LogP contribution in [-0.4, -0.2) is 18.5 Å². The summed E-state index contributed by atoms with van der Waals surface area (Å²) in [5, 5.41) is 0. The molecule has 1 aliphatic carbocycles. The maximum atomic E-state index is 2.38. The van der Waals surface area contributed by atoms with Gasteiger partial charge in [-0.3, -0.25) is 0 Å². The molecule has 1 aliphatic rings. The highest BCUT2D eigenvalue weighted by atomic mass is 15.1. The van der Waals surface area contributed by atoms with Gasteiger partial charge in [0.15, 0.2) is 0 Å². The SMILES string of the molecule is C/C=C/N(C)CC1=CCCc2ccccc21. The van der Waals surface area contributed by atoms with Crippen LogP contribution in [0.15, 0.2) is 42.6 Å². The van der Waals surface area contributed by atoms with Crippen LogP contribution in [0.3, 0.4) is 0 Å². The van der Waals surface area contributed by atoms with Crippen LogP contribution in [0.4, 0.5) is 0 Å². The van der Waals surface area contributed by atoms with Gasteiger partial charge in [0.05, 0.1) is 0 Å². The third-order valence-corrected chi connectivity index (χ3v) is 2.99. The number of likely N-dealkylation sites (N-methyl/N-ethyl adjacent to an activating group) is 1. The summed E-state index contributed by atoms with van der Waals surface area (Å²) >= 11 is 0. The molecule has 0 heterocycles. The Kier molecular flexibility index (Phi) is 3.45. The molecule has 0 radical (unpaired) electrons. The molecule has 0 aromatic heterocycles. The van der Waals surface area contributed by atoms with Gasteiger partial charge in [-0.2, -0.15) is 0 Å². The van der Waals surface area contributed by atoms with Crippen molar-refractivity contribution in [2.24, 2.45) is 0 Å². The number of aryl methyl sites for hydroxylation is 1. The standard InChI is InChI=1S/C15H19N/c1-3-11-16(2)12-14-9-6-8-13-7-4-5-10-15(13)14/h3-5,7,9-11H,6,8,12H2,1-2H3/b11-3+. The molecule has 0 aliphatic heterocycles. The summed E-state index contributed by atoms with van der Waals surface area (Å²) in [5.41, 5.74) is 4.39. The monoisotopic (exact) mass is 213 g/mol. The first-order valence-corrected chi connectivity index (χ1v) is 5.91. The zero-order chi connectivity index (χ0) is 11.4. The minimum atomic E-state index is 1.00. The fraction of sp³-hybridized carbons (Fsp3) is 0.333. The van der Waals surface area contributed by atoms with Crippen molar-refractivity contribution in [1.29, 1.82) is 0 Å². The number of allylic oxidation sites excluding steroid dienone is 2. The molecule has 0 atom stereocenters. The van der Waals surface area contributed by atoms with Crippen molar-refractivity contribution in [3.05, 3.63) is 53.7 Å². The average molecular weight is 213 g/mol. The maximum Gasteiger partial charge on any atom is 0.0423 e. The largest absolute Gasteiger partial charge is 0.376 e. The van der Waals surface area contributed by atoms with Crippen LogP contribution in [0.1, 0.15) is 24.5 Å². The number of benzene rings is 1. The minimum Gasteiger partial charge on any atom is -0.376 e. The zero-order valence-electron chi connectivity index (χ0n) is 10.1. The number of fused-ring (bicyclic) bond motifs is 1. The number of hydrogen-bond acceptors (Lipinski definition) is 1.